The highest BCUT2D eigenvalue weighted by Crippen LogP contribution is 2.26. The van der Waals surface area contributed by atoms with E-state index in [1.807, 2.05) is 0 Å². The maximum absolute atomic E-state index is 7.02. The summed E-state index contributed by atoms with van der Waals surface area (Å²) in [5, 5.41) is 3.78. The average Bonchev–Trinajstić information content (AvgIpc) is 2.44. The molecule has 0 aromatic carbocycles. The maximum atomic E-state index is 7.02. The van der Waals surface area contributed by atoms with E-state index in [-0.39, 0.29) is 11.2 Å². The zero-order chi connectivity index (χ0) is 11.9. The number of hydrogen-bond donors (Lipinski definition) is 0. The van der Waals surface area contributed by atoms with Crippen molar-refractivity contribution in [3.8, 4) is 5.88 Å². The van der Waals surface area contributed by atoms with Gasteiger partial charge in [0.15, 0.2) is 0 Å². The Bertz CT molecular complexity index is 541. The van der Waals surface area contributed by atoms with Gasteiger partial charge in [-0.05, 0) is 33.6 Å². The van der Waals surface area contributed by atoms with Crippen LogP contribution in [0.25, 0.3) is 5.52 Å². The number of nitrogens with zero attached hydrogens (tertiary/aromatic N) is 3. The zero-order valence-electron chi connectivity index (χ0n) is 9.16. The van der Waals surface area contributed by atoms with Crippen LogP contribution < -0.4 is 4.74 Å². The van der Waals surface area contributed by atoms with Crippen molar-refractivity contribution in [3.63, 3.8) is 0 Å². The van der Waals surface area contributed by atoms with Gasteiger partial charge in [0, 0.05) is 6.20 Å². The first-order chi connectivity index (χ1) is 7.37. The molecule has 2 aromatic rings. The molecule has 0 amide bonds. The Morgan fingerprint density at radius 2 is 2.62 bits per heavy atom. The lowest BCUT2D eigenvalue weighted by Crippen LogP contribution is -1.97. The molecular formula is C7H5BrClN3O. The summed E-state index contributed by atoms with van der Waals surface area (Å²) in [4.78, 5) is 3.74. The van der Waals surface area contributed by atoms with Gasteiger partial charge in [-0.15, -0.1) is 5.10 Å². The Hall–Kier alpha value is -0.810. The number of ether oxygens (including phenoxy) is 1. The molecular weight excluding hydrogens is 257 g/mol. The van der Waals surface area contributed by atoms with Gasteiger partial charge < -0.3 is 4.74 Å². The van der Waals surface area contributed by atoms with Crippen LogP contribution in [-0.4, -0.2) is 21.6 Å². The van der Waals surface area contributed by atoms with E-state index in [9.17, 15) is 0 Å². The summed E-state index contributed by atoms with van der Waals surface area (Å²) < 4.78 is 27.8. The van der Waals surface area contributed by atoms with Gasteiger partial charge in [-0.2, -0.15) is 4.98 Å². The molecule has 0 aliphatic rings. The molecule has 0 fully saturated rings. The number of halogens is 2. The topological polar surface area (TPSA) is 39.4 Å². The first-order valence-electron chi connectivity index (χ1n) is 4.76. The van der Waals surface area contributed by atoms with E-state index in [1.165, 1.54) is 4.52 Å². The second kappa shape index (κ2) is 3.16. The van der Waals surface area contributed by atoms with E-state index < -0.39 is 7.04 Å². The maximum Gasteiger partial charge on any atom is 0.244 e. The van der Waals surface area contributed by atoms with E-state index in [0.29, 0.717) is 9.99 Å². The average molecular weight is 266 g/mol. The normalized spacial score (nSPS) is 15.1. The van der Waals surface area contributed by atoms with Gasteiger partial charge in [0.1, 0.15) is 5.52 Å². The summed E-state index contributed by atoms with van der Waals surface area (Å²) in [6.07, 6.45) is 1.61. The minimum atomic E-state index is -2.58. The van der Waals surface area contributed by atoms with Crippen molar-refractivity contribution in [2.75, 3.05) is 7.04 Å². The van der Waals surface area contributed by atoms with Crippen molar-refractivity contribution < 1.29 is 8.85 Å². The number of methoxy groups -OCH3 is 1. The fourth-order valence-electron chi connectivity index (χ4n) is 1.00. The summed E-state index contributed by atoms with van der Waals surface area (Å²) in [5.41, 5.74) is 0.417. The standard InChI is InChI=1S/C7H5BrClN3O/c1-13-6-5-4(8)2-3-12(5)11-7(9)10-6/h2-3H,1H3/i1D3. The third-order valence-corrected chi connectivity index (χ3v) is 2.30. The van der Waals surface area contributed by atoms with Gasteiger partial charge in [-0.25, -0.2) is 4.52 Å². The highest BCUT2D eigenvalue weighted by Gasteiger charge is 2.10. The van der Waals surface area contributed by atoms with Crippen LogP contribution in [0.4, 0.5) is 0 Å². The van der Waals surface area contributed by atoms with Crippen molar-refractivity contribution in [2.45, 2.75) is 0 Å². The third kappa shape index (κ3) is 1.38. The lowest BCUT2D eigenvalue weighted by molar-refractivity contribution is 0.399. The Morgan fingerprint density at radius 3 is 3.38 bits per heavy atom. The monoisotopic (exact) mass is 264 g/mol. The molecule has 0 N–H and O–H groups in total. The molecule has 6 heteroatoms. The van der Waals surface area contributed by atoms with E-state index >= 15 is 0 Å². The van der Waals surface area contributed by atoms with Crippen LogP contribution in [0.2, 0.25) is 5.28 Å². The molecule has 4 nitrogen and oxygen atoms in total. The summed E-state index contributed by atoms with van der Waals surface area (Å²) in [6.45, 7) is 0. The van der Waals surface area contributed by atoms with Gasteiger partial charge in [0.2, 0.25) is 11.2 Å². The van der Waals surface area contributed by atoms with Gasteiger partial charge in [-0.3, -0.25) is 0 Å². The van der Waals surface area contributed by atoms with Crippen molar-refractivity contribution >= 4 is 33.0 Å². The molecule has 2 rings (SSSR count). The number of aromatic nitrogens is 3. The molecule has 0 saturated carbocycles. The number of hydrogen-bond acceptors (Lipinski definition) is 3. The summed E-state index contributed by atoms with van der Waals surface area (Å²) in [6, 6.07) is 1.69. The molecule has 0 aliphatic heterocycles. The van der Waals surface area contributed by atoms with Crippen LogP contribution in [0.3, 0.4) is 0 Å². The molecule has 0 spiro atoms. The molecule has 0 atom stereocenters. The number of rotatable bonds is 1. The molecule has 0 saturated heterocycles. The fourth-order valence-corrected chi connectivity index (χ4v) is 1.63. The molecule has 0 aliphatic carbocycles. The minimum Gasteiger partial charge on any atom is -0.479 e. The predicted octanol–water partition coefficient (Wildman–Crippen LogP) is 2.15. The highest BCUT2D eigenvalue weighted by atomic mass is 79.9. The Balaban J connectivity index is 2.62. The molecule has 0 bridgehead atoms. The number of fused-ring (bicyclic) bond motifs is 1. The Kier molecular flexibility index (Phi) is 1.41. The quantitative estimate of drug-likeness (QED) is 0.793. The minimum absolute atomic E-state index is 0.0862. The van der Waals surface area contributed by atoms with Crippen molar-refractivity contribution in [1.82, 2.24) is 14.6 Å². The fraction of sp³-hybridized carbons (Fsp3) is 0.143. The Morgan fingerprint density at radius 1 is 1.77 bits per heavy atom. The predicted molar refractivity (Wildman–Crippen MR) is 52.2 cm³/mol. The van der Waals surface area contributed by atoms with Crippen molar-refractivity contribution in [3.05, 3.63) is 22.0 Å². The molecule has 0 radical (unpaired) electrons. The molecule has 68 valence electrons. The SMILES string of the molecule is [2H]C([2H])([2H])Oc1nc(Cl)nn2ccc(Br)c12. The van der Waals surface area contributed by atoms with Crippen molar-refractivity contribution in [2.24, 2.45) is 0 Å². The summed E-state index contributed by atoms with van der Waals surface area (Å²) in [5.74, 6) is -0.0862. The van der Waals surface area contributed by atoms with Crippen LogP contribution in [0.5, 0.6) is 5.88 Å². The van der Waals surface area contributed by atoms with Gasteiger partial charge >= 0.3 is 0 Å². The summed E-state index contributed by atoms with van der Waals surface area (Å²) >= 11 is 8.88. The van der Waals surface area contributed by atoms with E-state index in [1.54, 1.807) is 12.3 Å². The van der Waals surface area contributed by atoms with Crippen LogP contribution in [-0.2, 0) is 0 Å². The second-order valence-corrected chi connectivity index (χ2v) is 3.44. The smallest absolute Gasteiger partial charge is 0.244 e. The highest BCUT2D eigenvalue weighted by molar-refractivity contribution is 9.10. The lowest BCUT2D eigenvalue weighted by Gasteiger charge is -2.02. The van der Waals surface area contributed by atoms with Crippen LogP contribution in [0.1, 0.15) is 4.11 Å². The van der Waals surface area contributed by atoms with Crippen molar-refractivity contribution in [1.29, 1.82) is 0 Å². The van der Waals surface area contributed by atoms with Crippen LogP contribution in [0.15, 0.2) is 16.7 Å². The Labute approximate surface area is 91.8 Å². The van der Waals surface area contributed by atoms with E-state index in [2.05, 4.69) is 26.0 Å². The van der Waals surface area contributed by atoms with Crippen LogP contribution >= 0.6 is 27.5 Å². The first-order valence-corrected chi connectivity index (χ1v) is 4.43. The molecule has 2 aromatic heterocycles. The molecule has 13 heavy (non-hydrogen) atoms. The zero-order valence-corrected chi connectivity index (χ0v) is 8.50. The van der Waals surface area contributed by atoms with Gasteiger partial charge in [0.25, 0.3) is 0 Å². The van der Waals surface area contributed by atoms with Crippen LogP contribution in [0, 0.1) is 0 Å². The van der Waals surface area contributed by atoms with Gasteiger partial charge in [-0.1, -0.05) is 0 Å². The molecule has 2 heterocycles. The summed E-state index contributed by atoms with van der Waals surface area (Å²) in [7, 11) is -2.58. The van der Waals surface area contributed by atoms with Gasteiger partial charge in [0.05, 0.1) is 15.6 Å². The largest absolute Gasteiger partial charge is 0.479 e. The lowest BCUT2D eigenvalue weighted by atomic mass is 10.5. The second-order valence-electron chi connectivity index (χ2n) is 2.24. The third-order valence-electron chi connectivity index (χ3n) is 1.50. The molecule has 0 unspecified atom stereocenters. The van der Waals surface area contributed by atoms with E-state index in [0.717, 1.165) is 0 Å². The van der Waals surface area contributed by atoms with E-state index in [4.69, 9.17) is 20.5 Å². The first kappa shape index (κ1) is 5.82.